The number of likely N-dealkylation sites (tertiary alicyclic amines) is 1. The largest absolute Gasteiger partial charge is 0.480 e. The van der Waals surface area contributed by atoms with Crippen LogP contribution in [0, 0.1) is 0 Å². The fraction of sp³-hybridized carbons (Fsp3) is 0.500. The normalized spacial score (nSPS) is 23.4. The molecule has 1 aliphatic rings. The van der Waals surface area contributed by atoms with Crippen LogP contribution in [0.5, 0.6) is 0 Å². The molecule has 19 heavy (non-hydrogen) atoms. The summed E-state index contributed by atoms with van der Waals surface area (Å²) in [7, 11) is 0. The molecule has 7 heteroatoms. The number of carboxylic acid groups (broad SMARTS) is 1. The molecule has 1 atom stereocenters. The third-order valence-electron chi connectivity index (χ3n) is 3.21. The third kappa shape index (κ3) is 3.33. The number of carbonyl (C=O) groups is 2. The highest BCUT2D eigenvalue weighted by atomic mass is 16.4. The number of furan rings is 1. The van der Waals surface area contributed by atoms with Gasteiger partial charge in [-0.3, -0.25) is 14.5 Å². The Morgan fingerprint density at radius 2 is 2.37 bits per heavy atom. The van der Waals surface area contributed by atoms with Crippen molar-refractivity contribution in [2.75, 3.05) is 19.6 Å². The molecule has 0 bridgehead atoms. The predicted molar refractivity (Wildman–Crippen MR) is 66.2 cm³/mol. The number of nitrogens with one attached hydrogen (secondary N) is 1. The first kappa shape index (κ1) is 13.6. The average molecular weight is 267 g/mol. The summed E-state index contributed by atoms with van der Waals surface area (Å²) in [5, 5.41) is 11.7. The van der Waals surface area contributed by atoms with Crippen LogP contribution < -0.4 is 11.1 Å². The van der Waals surface area contributed by atoms with Crippen LogP contribution in [-0.4, -0.2) is 47.1 Å². The number of rotatable bonds is 5. The summed E-state index contributed by atoms with van der Waals surface area (Å²) in [6, 6.07) is 3.52. The molecule has 4 N–H and O–H groups in total. The lowest BCUT2D eigenvalue weighted by Gasteiger charge is -2.19. The van der Waals surface area contributed by atoms with Gasteiger partial charge in [0, 0.05) is 13.1 Å². The summed E-state index contributed by atoms with van der Waals surface area (Å²) >= 11 is 0. The van der Waals surface area contributed by atoms with Crippen molar-refractivity contribution in [3.8, 4) is 0 Å². The van der Waals surface area contributed by atoms with Gasteiger partial charge in [-0.1, -0.05) is 0 Å². The topological polar surface area (TPSA) is 109 Å². The second kappa shape index (κ2) is 5.41. The van der Waals surface area contributed by atoms with Crippen molar-refractivity contribution in [3.05, 3.63) is 24.2 Å². The van der Waals surface area contributed by atoms with Gasteiger partial charge in [-0.25, -0.2) is 0 Å². The molecule has 1 aromatic rings. The molecule has 0 spiro atoms. The zero-order valence-electron chi connectivity index (χ0n) is 10.5. The van der Waals surface area contributed by atoms with Crippen molar-refractivity contribution < 1.29 is 19.1 Å². The van der Waals surface area contributed by atoms with Crippen LogP contribution in [0.15, 0.2) is 22.8 Å². The van der Waals surface area contributed by atoms with Crippen LogP contribution in [0.25, 0.3) is 0 Å². The number of hydrogen-bond acceptors (Lipinski definition) is 5. The van der Waals surface area contributed by atoms with Gasteiger partial charge in [0.1, 0.15) is 11.3 Å². The number of nitrogens with zero attached hydrogens (tertiary/aromatic N) is 1. The summed E-state index contributed by atoms with van der Waals surface area (Å²) in [6.07, 6.45) is 1.89. The second-order valence-corrected chi connectivity index (χ2v) is 4.78. The van der Waals surface area contributed by atoms with Crippen molar-refractivity contribution >= 4 is 11.9 Å². The van der Waals surface area contributed by atoms with E-state index in [0.29, 0.717) is 25.3 Å². The van der Waals surface area contributed by atoms with Crippen LogP contribution in [-0.2, 0) is 16.1 Å². The quantitative estimate of drug-likeness (QED) is 0.656. The number of aliphatic carboxylic acids is 1. The van der Waals surface area contributed by atoms with E-state index in [2.05, 4.69) is 5.32 Å². The number of hydrogen-bond donors (Lipinski definition) is 3. The minimum atomic E-state index is -1.23. The molecule has 1 aromatic heterocycles. The van der Waals surface area contributed by atoms with Crippen molar-refractivity contribution in [1.29, 1.82) is 0 Å². The molecule has 1 saturated heterocycles. The van der Waals surface area contributed by atoms with E-state index in [4.69, 9.17) is 15.3 Å². The molecule has 7 nitrogen and oxygen atoms in total. The van der Waals surface area contributed by atoms with Gasteiger partial charge >= 0.3 is 5.97 Å². The smallest absolute Gasteiger partial charge is 0.325 e. The Kier molecular flexibility index (Phi) is 3.87. The molecule has 2 rings (SSSR count). The molecule has 0 aliphatic carbocycles. The van der Waals surface area contributed by atoms with Crippen molar-refractivity contribution in [3.63, 3.8) is 0 Å². The monoisotopic (exact) mass is 267 g/mol. The van der Waals surface area contributed by atoms with Gasteiger partial charge in [0.25, 0.3) is 0 Å². The molecule has 0 aromatic carbocycles. The number of carboxylic acids is 1. The van der Waals surface area contributed by atoms with Gasteiger partial charge in [0.15, 0.2) is 0 Å². The Morgan fingerprint density at radius 1 is 1.58 bits per heavy atom. The van der Waals surface area contributed by atoms with E-state index in [1.54, 1.807) is 17.0 Å². The minimum Gasteiger partial charge on any atom is -0.480 e. The third-order valence-corrected chi connectivity index (χ3v) is 3.21. The lowest BCUT2D eigenvalue weighted by Crippen LogP contribution is -2.50. The maximum atomic E-state index is 11.7. The maximum absolute atomic E-state index is 11.7. The highest BCUT2D eigenvalue weighted by Crippen LogP contribution is 2.18. The van der Waals surface area contributed by atoms with Gasteiger partial charge in [0.2, 0.25) is 5.91 Å². The highest BCUT2D eigenvalue weighted by molar-refractivity contribution is 5.80. The Bertz CT molecular complexity index is 460. The first-order chi connectivity index (χ1) is 8.99. The number of carbonyl (C=O) groups excluding carboxylic acids is 1. The molecular weight excluding hydrogens is 250 g/mol. The van der Waals surface area contributed by atoms with Gasteiger partial charge < -0.3 is 20.6 Å². The number of amides is 1. The molecule has 0 radical (unpaired) electrons. The molecule has 1 aliphatic heterocycles. The molecule has 1 amide bonds. The molecule has 2 heterocycles. The van der Waals surface area contributed by atoms with Crippen molar-refractivity contribution in [2.45, 2.75) is 18.5 Å². The second-order valence-electron chi connectivity index (χ2n) is 4.78. The van der Waals surface area contributed by atoms with E-state index in [-0.39, 0.29) is 19.0 Å². The van der Waals surface area contributed by atoms with Crippen LogP contribution in [0.4, 0.5) is 0 Å². The summed E-state index contributed by atoms with van der Waals surface area (Å²) in [6.45, 7) is 1.17. The summed E-state index contributed by atoms with van der Waals surface area (Å²) in [5.41, 5.74) is 4.50. The van der Waals surface area contributed by atoms with Gasteiger partial charge in [-0.05, 0) is 18.6 Å². The first-order valence-electron chi connectivity index (χ1n) is 6.03. The molecule has 104 valence electrons. The van der Waals surface area contributed by atoms with E-state index >= 15 is 0 Å². The zero-order valence-corrected chi connectivity index (χ0v) is 10.5. The van der Waals surface area contributed by atoms with E-state index in [9.17, 15) is 9.59 Å². The first-order valence-corrected chi connectivity index (χ1v) is 6.03. The summed E-state index contributed by atoms with van der Waals surface area (Å²) in [5.74, 6) is -0.523. The van der Waals surface area contributed by atoms with E-state index < -0.39 is 11.5 Å². The standard InChI is InChI=1S/C12H17N3O4/c13-12(11(17)18)3-4-15(8-12)7-10(16)14-6-9-2-1-5-19-9/h1-2,5H,3-4,6-8,13H2,(H,14,16)(H,17,18). The maximum Gasteiger partial charge on any atom is 0.325 e. The fourth-order valence-corrected chi connectivity index (χ4v) is 2.08. The van der Waals surface area contributed by atoms with Crippen LogP contribution in [0.3, 0.4) is 0 Å². The Labute approximate surface area is 110 Å². The van der Waals surface area contributed by atoms with Crippen LogP contribution >= 0.6 is 0 Å². The fourth-order valence-electron chi connectivity index (χ4n) is 2.08. The van der Waals surface area contributed by atoms with Crippen molar-refractivity contribution in [1.82, 2.24) is 10.2 Å². The van der Waals surface area contributed by atoms with Gasteiger partial charge in [0.05, 0.1) is 19.4 Å². The molecule has 1 fully saturated rings. The summed E-state index contributed by atoms with van der Waals surface area (Å²) in [4.78, 5) is 24.4. The van der Waals surface area contributed by atoms with Gasteiger partial charge in [-0.15, -0.1) is 0 Å². The predicted octanol–water partition coefficient (Wildman–Crippen LogP) is -0.616. The van der Waals surface area contributed by atoms with E-state index in [1.807, 2.05) is 0 Å². The van der Waals surface area contributed by atoms with Gasteiger partial charge in [-0.2, -0.15) is 0 Å². The Balaban J connectivity index is 1.76. The Morgan fingerprint density at radius 3 is 2.95 bits per heavy atom. The van der Waals surface area contributed by atoms with Crippen LogP contribution in [0.2, 0.25) is 0 Å². The lowest BCUT2D eigenvalue weighted by atomic mass is 10.0. The summed E-state index contributed by atoms with van der Waals surface area (Å²) < 4.78 is 5.09. The zero-order chi connectivity index (χ0) is 13.9. The lowest BCUT2D eigenvalue weighted by molar-refractivity contribution is -0.143. The highest BCUT2D eigenvalue weighted by Gasteiger charge is 2.41. The molecule has 0 saturated carbocycles. The molecule has 1 unspecified atom stereocenters. The van der Waals surface area contributed by atoms with Crippen molar-refractivity contribution in [2.24, 2.45) is 5.73 Å². The molecular formula is C12H17N3O4. The number of nitrogens with two attached hydrogens (primary N) is 1. The SMILES string of the molecule is NC1(C(=O)O)CCN(CC(=O)NCc2ccco2)C1. The average Bonchev–Trinajstić information content (AvgIpc) is 2.97. The minimum absolute atomic E-state index is 0.146. The van der Waals surface area contributed by atoms with E-state index in [0.717, 1.165) is 0 Å². The Hall–Kier alpha value is -1.86. The van der Waals surface area contributed by atoms with Crippen LogP contribution in [0.1, 0.15) is 12.2 Å². The van der Waals surface area contributed by atoms with E-state index in [1.165, 1.54) is 6.26 Å².